The van der Waals surface area contributed by atoms with Gasteiger partial charge >= 0.3 is 5.97 Å². The van der Waals surface area contributed by atoms with Gasteiger partial charge in [0.2, 0.25) is 0 Å². The molecule has 6 rings (SSSR count). The number of hydrogen-bond donors (Lipinski definition) is 5. The third-order valence-electron chi connectivity index (χ3n) is 9.58. The summed E-state index contributed by atoms with van der Waals surface area (Å²) in [5.41, 5.74) is 12.0. The number of aromatic amines is 2. The number of carbonyl (C=O) groups excluding carboxylic acids is 1. The average molecular weight is 595 g/mol. The van der Waals surface area contributed by atoms with Crippen LogP contribution in [-0.4, -0.2) is 53.6 Å². The molecule has 8 bridgehead atoms. The number of fused-ring (bicyclic) bond motifs is 8. The molecular formula is C35H38N4O5. The van der Waals surface area contributed by atoms with Gasteiger partial charge in [0, 0.05) is 57.4 Å². The molecule has 5 N–H and O–H groups in total. The van der Waals surface area contributed by atoms with E-state index in [4.69, 9.17) is 9.97 Å². The van der Waals surface area contributed by atoms with E-state index in [-0.39, 0.29) is 24.0 Å². The van der Waals surface area contributed by atoms with Crippen LogP contribution in [0.4, 0.5) is 0 Å². The molecule has 0 spiro atoms. The van der Waals surface area contributed by atoms with Gasteiger partial charge in [-0.2, -0.15) is 0 Å². The van der Waals surface area contributed by atoms with Gasteiger partial charge in [0.25, 0.3) is 0 Å². The minimum absolute atomic E-state index is 0.00881. The number of aliphatic hydroxyl groups excluding tert-OH is 2. The number of aldehydes is 1. The Kier molecular flexibility index (Phi) is 7.32. The number of aryl methyl sites for hydroxylation is 1. The first-order chi connectivity index (χ1) is 21.0. The maximum atomic E-state index is 12.4. The minimum atomic E-state index is -0.859. The Morgan fingerprint density at radius 3 is 2.45 bits per heavy atom. The summed E-state index contributed by atoms with van der Waals surface area (Å²) in [6, 6.07) is 3.73. The predicted molar refractivity (Wildman–Crippen MR) is 172 cm³/mol. The molecule has 0 saturated heterocycles. The SMILES string of the molecule is CCC1=C(C=O)c2cc3nc(c(C)c4[nH]c(c5c6[nH]c(cc1n2)c(CC)c6C(O)=C5)[C@@H](CCC(=O)O)[C@@H]4C)C(C)=C3[C@@H](C)O. The van der Waals surface area contributed by atoms with Gasteiger partial charge in [0.1, 0.15) is 5.76 Å². The first-order valence-electron chi connectivity index (χ1n) is 15.3. The predicted octanol–water partition coefficient (Wildman–Crippen LogP) is 6.86. The number of aromatic nitrogens is 4. The minimum Gasteiger partial charge on any atom is -0.507 e. The Morgan fingerprint density at radius 2 is 1.82 bits per heavy atom. The van der Waals surface area contributed by atoms with Crippen LogP contribution in [0.15, 0.2) is 12.1 Å². The number of aliphatic hydroxyl groups is 2. The second kappa shape index (κ2) is 10.9. The van der Waals surface area contributed by atoms with Crippen molar-refractivity contribution in [2.24, 2.45) is 0 Å². The van der Waals surface area contributed by atoms with Crippen LogP contribution < -0.4 is 0 Å². The van der Waals surface area contributed by atoms with Gasteiger partial charge < -0.3 is 25.3 Å². The molecule has 1 aliphatic carbocycles. The first-order valence-corrected chi connectivity index (χ1v) is 15.3. The summed E-state index contributed by atoms with van der Waals surface area (Å²) in [6.45, 7) is 11.7. The van der Waals surface area contributed by atoms with Crippen molar-refractivity contribution in [2.75, 3.05) is 0 Å². The number of rotatable bonds is 7. The van der Waals surface area contributed by atoms with E-state index in [9.17, 15) is 24.9 Å². The lowest BCUT2D eigenvalue weighted by molar-refractivity contribution is -0.137. The van der Waals surface area contributed by atoms with E-state index in [1.165, 1.54) is 0 Å². The summed E-state index contributed by atoms with van der Waals surface area (Å²) in [7, 11) is 0. The first kappa shape index (κ1) is 29.6. The Balaban J connectivity index is 1.82. The third-order valence-corrected chi connectivity index (χ3v) is 9.58. The summed E-state index contributed by atoms with van der Waals surface area (Å²) in [5.74, 6) is -0.908. The van der Waals surface area contributed by atoms with Crippen LogP contribution in [0.3, 0.4) is 0 Å². The molecule has 9 nitrogen and oxygen atoms in total. The van der Waals surface area contributed by atoms with E-state index in [0.717, 1.165) is 67.8 Å². The van der Waals surface area contributed by atoms with Crippen LogP contribution in [0.5, 0.6) is 0 Å². The smallest absolute Gasteiger partial charge is 0.303 e. The highest BCUT2D eigenvalue weighted by Crippen LogP contribution is 2.47. The standard InChI is InChI=1S/C35H38N4O5/c1-7-19-23(14-40)26-13-27-30(18(6)41)16(4)33(38-27)17(5)32-15(3)21(9-10-29(43)44)34(39-32)22-11-28(42)31-20(8-2)25(37-35(22)31)12-24(19)36-26/h11-15,18,21,37,39,41-42H,7-10H2,1-6H3,(H,43,44)/t15-,18+,21-/m0/s1. The molecule has 3 atom stereocenters. The molecule has 3 aliphatic heterocycles. The molecule has 44 heavy (non-hydrogen) atoms. The average Bonchev–Trinajstić information content (AvgIpc) is 3.75. The number of carboxylic acid groups (broad SMARTS) is 1. The second-order valence-electron chi connectivity index (χ2n) is 12.1. The molecule has 0 fully saturated rings. The number of carbonyl (C=O) groups is 2. The topological polar surface area (TPSA) is 152 Å². The van der Waals surface area contributed by atoms with E-state index in [1.54, 1.807) is 19.1 Å². The van der Waals surface area contributed by atoms with Gasteiger partial charge in [-0.3, -0.25) is 9.59 Å². The highest BCUT2D eigenvalue weighted by Gasteiger charge is 2.35. The fourth-order valence-electron chi connectivity index (χ4n) is 7.47. The van der Waals surface area contributed by atoms with Crippen LogP contribution in [0.1, 0.15) is 122 Å². The number of aliphatic carboxylic acids is 1. The molecule has 0 aromatic carbocycles. The van der Waals surface area contributed by atoms with E-state index < -0.39 is 12.1 Å². The van der Waals surface area contributed by atoms with Crippen molar-refractivity contribution >= 4 is 57.4 Å². The van der Waals surface area contributed by atoms with Crippen LogP contribution >= 0.6 is 0 Å². The van der Waals surface area contributed by atoms with Crippen molar-refractivity contribution < 1.29 is 24.9 Å². The molecule has 0 radical (unpaired) electrons. The fraction of sp³-hybridized carbons (Fsp3) is 0.371. The Morgan fingerprint density at radius 1 is 1.07 bits per heavy atom. The van der Waals surface area contributed by atoms with Gasteiger partial charge in [-0.1, -0.05) is 20.8 Å². The zero-order chi connectivity index (χ0) is 31.6. The Bertz CT molecular complexity index is 1920. The molecule has 0 amide bonds. The molecule has 9 heteroatoms. The lowest BCUT2D eigenvalue weighted by atomic mass is 9.84. The third kappa shape index (κ3) is 4.40. The van der Waals surface area contributed by atoms with Gasteiger partial charge in [-0.05, 0) is 80.5 Å². The van der Waals surface area contributed by atoms with E-state index >= 15 is 0 Å². The van der Waals surface area contributed by atoms with E-state index in [2.05, 4.69) is 16.9 Å². The maximum absolute atomic E-state index is 12.4. The maximum Gasteiger partial charge on any atom is 0.303 e. The molecule has 0 unspecified atom stereocenters. The lowest BCUT2D eigenvalue weighted by Gasteiger charge is -2.17. The van der Waals surface area contributed by atoms with Gasteiger partial charge in [0.15, 0.2) is 6.29 Å². The van der Waals surface area contributed by atoms with Crippen molar-refractivity contribution in [1.29, 1.82) is 0 Å². The Hall–Kier alpha value is -4.50. The van der Waals surface area contributed by atoms with Crippen molar-refractivity contribution in [3.05, 3.63) is 68.6 Å². The summed E-state index contributed by atoms with van der Waals surface area (Å²) >= 11 is 0. The summed E-state index contributed by atoms with van der Waals surface area (Å²) in [5, 5.41) is 31.7. The van der Waals surface area contributed by atoms with Crippen LogP contribution in [0.2, 0.25) is 0 Å². The zero-order valence-electron chi connectivity index (χ0n) is 25.9. The van der Waals surface area contributed by atoms with Gasteiger partial charge in [-0.25, -0.2) is 9.97 Å². The van der Waals surface area contributed by atoms with Crippen LogP contribution in [0, 0.1) is 6.92 Å². The lowest BCUT2D eigenvalue weighted by Crippen LogP contribution is -2.07. The summed E-state index contributed by atoms with van der Waals surface area (Å²) in [4.78, 5) is 41.3. The number of nitrogens with one attached hydrogen (secondary N) is 2. The molecule has 0 saturated carbocycles. The van der Waals surface area contributed by atoms with Crippen LogP contribution in [0.25, 0.3) is 45.2 Å². The van der Waals surface area contributed by atoms with Crippen molar-refractivity contribution in [2.45, 2.75) is 85.2 Å². The van der Waals surface area contributed by atoms with E-state index in [1.807, 2.05) is 33.8 Å². The monoisotopic (exact) mass is 594 g/mol. The van der Waals surface area contributed by atoms with Gasteiger partial charge in [0.05, 0.1) is 34.4 Å². The summed E-state index contributed by atoms with van der Waals surface area (Å²) in [6.07, 6.45) is 3.45. The highest BCUT2D eigenvalue weighted by molar-refractivity contribution is 6.18. The quantitative estimate of drug-likeness (QED) is 0.220. The molecular weight excluding hydrogens is 556 g/mol. The molecule has 2 aromatic rings. The van der Waals surface area contributed by atoms with Crippen molar-refractivity contribution in [1.82, 2.24) is 19.9 Å². The number of allylic oxidation sites excluding steroid dienone is 3. The largest absolute Gasteiger partial charge is 0.507 e. The molecule has 228 valence electrons. The second-order valence-corrected chi connectivity index (χ2v) is 12.1. The number of nitrogens with zero attached hydrogens (tertiary/aromatic N) is 2. The Labute approximate surface area is 255 Å². The number of carboxylic acids is 1. The molecule has 5 heterocycles. The number of hydrogen-bond acceptors (Lipinski definition) is 6. The van der Waals surface area contributed by atoms with Crippen molar-refractivity contribution in [3.63, 3.8) is 0 Å². The highest BCUT2D eigenvalue weighted by atomic mass is 16.4. The fourth-order valence-corrected chi connectivity index (χ4v) is 7.47. The normalized spacial score (nSPS) is 18.9. The zero-order valence-corrected chi connectivity index (χ0v) is 25.9. The van der Waals surface area contributed by atoms with Gasteiger partial charge in [-0.15, -0.1) is 0 Å². The van der Waals surface area contributed by atoms with E-state index in [0.29, 0.717) is 47.5 Å². The molecule has 4 aliphatic rings. The number of H-pyrrole nitrogens is 2. The van der Waals surface area contributed by atoms with Crippen LogP contribution in [-0.2, 0) is 16.0 Å². The van der Waals surface area contributed by atoms with Crippen molar-refractivity contribution in [3.8, 4) is 0 Å². The summed E-state index contributed by atoms with van der Waals surface area (Å²) < 4.78 is 0. The molecule has 2 aromatic heterocycles.